The summed E-state index contributed by atoms with van der Waals surface area (Å²) in [4.78, 5) is 0. The van der Waals surface area contributed by atoms with Crippen LogP contribution in [0.2, 0.25) is 0 Å². The Morgan fingerprint density at radius 1 is 0.571 bits per heavy atom. The SMILES string of the molecule is O.O.[Co].[In+3].[OH-].[OH-].[OH-]. The van der Waals surface area contributed by atoms with E-state index in [1.165, 1.54) is 0 Å². The summed E-state index contributed by atoms with van der Waals surface area (Å²) in [6.45, 7) is 0. The molecule has 1 radical (unpaired) electrons. The van der Waals surface area contributed by atoms with E-state index in [0.717, 1.165) is 0 Å². The van der Waals surface area contributed by atoms with Crippen molar-refractivity contribution in [3.8, 4) is 0 Å². The van der Waals surface area contributed by atoms with Crippen LogP contribution in [0.3, 0.4) is 0 Å². The molecule has 0 spiro atoms. The molecule has 0 aliphatic rings. The molecule has 0 saturated heterocycles. The second-order valence-electron chi connectivity index (χ2n) is 0. The minimum absolute atomic E-state index is 0. The maximum absolute atomic E-state index is 0. The average Bonchev–Trinajstić information content (AvgIpc) is 0. The summed E-state index contributed by atoms with van der Waals surface area (Å²) in [6, 6.07) is 0. The summed E-state index contributed by atoms with van der Waals surface area (Å²) in [7, 11) is 0. The topological polar surface area (TPSA) is 153 Å². The fraction of sp³-hybridized carbons (Fsp3) is 0. The second-order valence-corrected chi connectivity index (χ2v) is 0. The quantitative estimate of drug-likeness (QED) is 0.470. The van der Waals surface area contributed by atoms with Crippen molar-refractivity contribution in [3.63, 3.8) is 0 Å². The van der Waals surface area contributed by atoms with E-state index in [0.29, 0.717) is 0 Å². The summed E-state index contributed by atoms with van der Waals surface area (Å²) in [6.07, 6.45) is 0. The van der Waals surface area contributed by atoms with Crippen molar-refractivity contribution in [3.05, 3.63) is 0 Å². The van der Waals surface area contributed by atoms with Gasteiger partial charge in [0.2, 0.25) is 0 Å². The van der Waals surface area contributed by atoms with E-state index in [1.54, 1.807) is 0 Å². The molecule has 7 N–H and O–H groups in total. The monoisotopic (exact) mass is 261 g/mol. The van der Waals surface area contributed by atoms with Gasteiger partial charge in [-0.25, -0.2) is 0 Å². The van der Waals surface area contributed by atoms with Crippen LogP contribution in [0.25, 0.3) is 0 Å². The van der Waals surface area contributed by atoms with Gasteiger partial charge in [0.05, 0.1) is 0 Å². The molecule has 0 rings (SSSR count). The van der Waals surface area contributed by atoms with Crippen LogP contribution in [0.5, 0.6) is 0 Å². The first-order chi connectivity index (χ1) is 0. The first-order valence-electron chi connectivity index (χ1n) is 0. The fourth-order valence-corrected chi connectivity index (χ4v) is 0. The maximum atomic E-state index is 0. The molecule has 0 saturated carbocycles. The standard InChI is InChI=1S/Co.In.5H2O/h;;5*1H2/q;+3;;;;;/p-3. The van der Waals surface area contributed by atoms with Crippen LogP contribution < -0.4 is 0 Å². The van der Waals surface area contributed by atoms with Crippen LogP contribution in [0, 0.1) is 0 Å². The molecule has 7 heavy (non-hydrogen) atoms. The fourth-order valence-electron chi connectivity index (χ4n) is 0. The Morgan fingerprint density at radius 3 is 0.571 bits per heavy atom. The van der Waals surface area contributed by atoms with Gasteiger partial charge in [-0.1, -0.05) is 0 Å². The van der Waals surface area contributed by atoms with Crippen LogP contribution in [-0.4, -0.2) is 53.2 Å². The van der Waals surface area contributed by atoms with Crippen LogP contribution in [0.15, 0.2) is 0 Å². The molecule has 0 fully saturated rings. The van der Waals surface area contributed by atoms with Gasteiger partial charge in [0.1, 0.15) is 0 Å². The van der Waals surface area contributed by atoms with Gasteiger partial charge in [-0.05, 0) is 0 Å². The van der Waals surface area contributed by atoms with Crippen LogP contribution in [0.1, 0.15) is 0 Å². The number of hydrogen-bond acceptors (Lipinski definition) is 3. The first kappa shape index (κ1) is 304. The molecule has 7 heteroatoms. The number of rotatable bonds is 0. The van der Waals surface area contributed by atoms with Crippen molar-refractivity contribution in [1.82, 2.24) is 0 Å². The van der Waals surface area contributed by atoms with Gasteiger partial charge >= 0.3 is 25.8 Å². The van der Waals surface area contributed by atoms with E-state index in [9.17, 15) is 0 Å². The Balaban J connectivity index is 0. The maximum Gasteiger partial charge on any atom is 3.00 e. The first-order valence-corrected chi connectivity index (χ1v) is 0. The third-order valence-corrected chi connectivity index (χ3v) is 0. The van der Waals surface area contributed by atoms with Crippen molar-refractivity contribution in [2.24, 2.45) is 0 Å². The third-order valence-electron chi connectivity index (χ3n) is 0. The predicted octanol–water partition coefficient (Wildman–Crippen LogP) is -2.56. The molecular weight excluding hydrogens is 254 g/mol. The van der Waals surface area contributed by atoms with Crippen molar-refractivity contribution >= 4 is 25.8 Å². The van der Waals surface area contributed by atoms with E-state index in [2.05, 4.69) is 0 Å². The van der Waals surface area contributed by atoms with Gasteiger partial charge < -0.3 is 27.4 Å². The molecule has 0 aromatic heterocycles. The Labute approximate surface area is 70.0 Å². The van der Waals surface area contributed by atoms with Crippen LogP contribution in [0.4, 0.5) is 0 Å². The normalized spacial score (nSPS) is 0. The van der Waals surface area contributed by atoms with E-state index < -0.39 is 0 Å². The molecule has 0 aliphatic heterocycles. The Hall–Kier alpha value is 1.18. The largest absolute Gasteiger partial charge is 3.00 e. The van der Waals surface area contributed by atoms with Crippen molar-refractivity contribution in [2.45, 2.75) is 0 Å². The third kappa shape index (κ3) is 139. The minimum Gasteiger partial charge on any atom is -0.870 e. The summed E-state index contributed by atoms with van der Waals surface area (Å²) in [5.41, 5.74) is 0. The molecule has 0 unspecified atom stereocenters. The van der Waals surface area contributed by atoms with Gasteiger partial charge in [0.25, 0.3) is 0 Å². The van der Waals surface area contributed by atoms with E-state index in [4.69, 9.17) is 0 Å². The molecule has 0 atom stereocenters. The zero-order valence-electron chi connectivity index (χ0n) is 3.25. The van der Waals surface area contributed by atoms with Crippen molar-refractivity contribution in [1.29, 1.82) is 0 Å². The average molecular weight is 261 g/mol. The number of hydrogen-bond donors (Lipinski definition) is 0. The Bertz CT molecular complexity index is 8.04. The second kappa shape index (κ2) is 198. The van der Waals surface area contributed by atoms with Gasteiger partial charge in [0.15, 0.2) is 0 Å². The van der Waals surface area contributed by atoms with Gasteiger partial charge in [-0.3, -0.25) is 0 Å². The van der Waals surface area contributed by atoms with E-state index in [1.807, 2.05) is 0 Å². The van der Waals surface area contributed by atoms with Crippen LogP contribution in [-0.2, 0) is 16.8 Å². The molecule has 0 amide bonds. The van der Waals surface area contributed by atoms with E-state index >= 15 is 0 Å². The Kier molecular flexibility index (Phi) is 8590. The summed E-state index contributed by atoms with van der Waals surface area (Å²) >= 11 is 0. The van der Waals surface area contributed by atoms with Gasteiger partial charge in [-0.15, -0.1) is 0 Å². The summed E-state index contributed by atoms with van der Waals surface area (Å²) in [5, 5.41) is 0. The molecule has 0 aliphatic carbocycles. The minimum atomic E-state index is 0. The molecule has 0 aromatic carbocycles. The van der Waals surface area contributed by atoms with Crippen molar-refractivity contribution in [2.75, 3.05) is 0 Å². The van der Waals surface area contributed by atoms with E-state index in [-0.39, 0.29) is 70.0 Å². The molecule has 0 bridgehead atoms. The van der Waals surface area contributed by atoms with Gasteiger partial charge in [0, 0.05) is 16.8 Å². The predicted molar refractivity (Wildman–Crippen MR) is 18.8 cm³/mol. The Morgan fingerprint density at radius 2 is 0.571 bits per heavy atom. The molecule has 49 valence electrons. The molecular formula is H7CoInO5. The van der Waals surface area contributed by atoms with Crippen LogP contribution >= 0.6 is 0 Å². The molecule has 5 nitrogen and oxygen atoms in total. The zero-order valence-corrected chi connectivity index (χ0v) is 7.59. The van der Waals surface area contributed by atoms with Gasteiger partial charge in [-0.2, -0.15) is 0 Å². The summed E-state index contributed by atoms with van der Waals surface area (Å²) in [5.74, 6) is 0. The van der Waals surface area contributed by atoms with Crippen molar-refractivity contribution < 1.29 is 44.2 Å². The molecule has 0 heterocycles. The zero-order chi connectivity index (χ0) is 0. The summed E-state index contributed by atoms with van der Waals surface area (Å²) < 4.78 is 0. The smallest absolute Gasteiger partial charge is 0.870 e. The molecule has 0 aromatic rings.